The molecule has 6 nitrogen and oxygen atoms in total. The van der Waals surface area contributed by atoms with Crippen molar-refractivity contribution in [1.82, 2.24) is 5.32 Å². The fraction of sp³-hybridized carbons (Fsp3) is 0.163. The highest BCUT2D eigenvalue weighted by atomic mass is 16.6. The largest absolute Gasteiger partial charge is 0.489 e. The molecule has 6 heteroatoms. The number of amides is 1. The van der Waals surface area contributed by atoms with Crippen molar-refractivity contribution in [2.75, 3.05) is 6.61 Å². The van der Waals surface area contributed by atoms with E-state index in [1.54, 1.807) is 0 Å². The molecule has 1 amide bonds. The van der Waals surface area contributed by atoms with E-state index in [1.165, 1.54) is 5.56 Å². The van der Waals surface area contributed by atoms with E-state index in [1.807, 2.05) is 91.0 Å². The zero-order chi connectivity index (χ0) is 33.6. The van der Waals surface area contributed by atoms with Gasteiger partial charge in [0.15, 0.2) is 0 Å². The van der Waals surface area contributed by atoms with Crippen LogP contribution < -0.4 is 10.1 Å². The summed E-state index contributed by atoms with van der Waals surface area (Å²) in [7, 11) is 0. The first kappa shape index (κ1) is 31.7. The molecule has 1 aliphatic rings. The summed E-state index contributed by atoms with van der Waals surface area (Å²) in [5.41, 5.74) is 8.56. The third-order valence-electron chi connectivity index (χ3n) is 9.05. The van der Waals surface area contributed by atoms with Gasteiger partial charge in [-0.1, -0.05) is 133 Å². The van der Waals surface area contributed by atoms with E-state index < -0.39 is 18.1 Å². The maximum absolute atomic E-state index is 13.6. The second-order valence-corrected chi connectivity index (χ2v) is 12.4. The van der Waals surface area contributed by atoms with Gasteiger partial charge in [-0.2, -0.15) is 0 Å². The van der Waals surface area contributed by atoms with E-state index in [-0.39, 0.29) is 25.6 Å². The molecule has 0 spiro atoms. The predicted octanol–water partition coefficient (Wildman–Crippen LogP) is 8.92. The second kappa shape index (κ2) is 14.5. The maximum atomic E-state index is 13.6. The van der Waals surface area contributed by atoms with Gasteiger partial charge in [0.2, 0.25) is 0 Å². The van der Waals surface area contributed by atoms with Gasteiger partial charge in [0.1, 0.15) is 31.6 Å². The van der Waals surface area contributed by atoms with Gasteiger partial charge in [-0.3, -0.25) is 0 Å². The summed E-state index contributed by atoms with van der Waals surface area (Å²) >= 11 is 0. The first-order valence-electron chi connectivity index (χ1n) is 16.5. The maximum Gasteiger partial charge on any atom is 0.407 e. The number of carbonyl (C=O) groups excluding carboxylic acids is 2. The van der Waals surface area contributed by atoms with Crippen molar-refractivity contribution in [2.24, 2.45) is 0 Å². The van der Waals surface area contributed by atoms with Gasteiger partial charge >= 0.3 is 12.1 Å². The Labute approximate surface area is 286 Å². The first-order chi connectivity index (χ1) is 24.0. The Morgan fingerprint density at radius 3 is 2.00 bits per heavy atom. The van der Waals surface area contributed by atoms with Crippen LogP contribution in [0.4, 0.5) is 4.79 Å². The predicted molar refractivity (Wildman–Crippen MR) is 191 cm³/mol. The van der Waals surface area contributed by atoms with Gasteiger partial charge < -0.3 is 19.5 Å². The lowest BCUT2D eigenvalue weighted by molar-refractivity contribution is -0.147. The van der Waals surface area contributed by atoms with Gasteiger partial charge in [0.25, 0.3) is 0 Å². The van der Waals surface area contributed by atoms with Crippen LogP contribution in [0, 0.1) is 6.92 Å². The molecule has 0 radical (unpaired) electrons. The highest BCUT2D eigenvalue weighted by molar-refractivity contribution is 5.88. The Balaban J connectivity index is 1.02. The minimum atomic E-state index is -0.960. The summed E-state index contributed by atoms with van der Waals surface area (Å²) in [6.07, 6.45) is -0.421. The fourth-order valence-electron chi connectivity index (χ4n) is 6.45. The summed E-state index contributed by atoms with van der Waals surface area (Å²) in [6.45, 7) is 2.72. The van der Waals surface area contributed by atoms with Crippen LogP contribution in [-0.2, 0) is 33.9 Å². The van der Waals surface area contributed by atoms with Crippen molar-refractivity contribution in [3.8, 4) is 16.9 Å². The molecular weight excluding hydrogens is 610 g/mol. The molecule has 7 rings (SSSR count). The molecule has 0 heterocycles. The Morgan fingerprint density at radius 1 is 0.653 bits per heavy atom. The molecule has 0 saturated heterocycles. The van der Waals surface area contributed by atoms with Crippen molar-refractivity contribution in [3.05, 3.63) is 173 Å². The molecule has 0 fully saturated rings. The van der Waals surface area contributed by atoms with Crippen LogP contribution in [0.3, 0.4) is 0 Å². The number of esters is 1. The average molecular weight is 648 g/mol. The monoisotopic (exact) mass is 647 g/mol. The van der Waals surface area contributed by atoms with Crippen LogP contribution in [0.15, 0.2) is 140 Å². The average Bonchev–Trinajstić information content (AvgIpc) is 3.46. The van der Waals surface area contributed by atoms with Crippen LogP contribution >= 0.6 is 0 Å². The second-order valence-electron chi connectivity index (χ2n) is 12.4. The number of aryl methyl sites for hydroxylation is 1. The minimum absolute atomic E-state index is 0.0511. The normalized spacial score (nSPS) is 12.5. The number of nitrogens with one attached hydrogen (secondary N) is 1. The molecule has 244 valence electrons. The Morgan fingerprint density at radius 2 is 1.27 bits per heavy atom. The van der Waals surface area contributed by atoms with Gasteiger partial charge in [-0.05, 0) is 68.8 Å². The number of ether oxygens (including phenoxy) is 3. The lowest BCUT2D eigenvalue weighted by Gasteiger charge is -2.20. The zero-order valence-corrected chi connectivity index (χ0v) is 27.3. The molecule has 49 heavy (non-hydrogen) atoms. The third kappa shape index (κ3) is 7.34. The lowest BCUT2D eigenvalue weighted by atomic mass is 9.98. The van der Waals surface area contributed by atoms with Crippen LogP contribution in [0.25, 0.3) is 21.9 Å². The number of hydrogen-bond donors (Lipinski definition) is 1. The number of fused-ring (bicyclic) bond motifs is 4. The Hall–Kier alpha value is -5.88. The topological polar surface area (TPSA) is 73.9 Å². The van der Waals surface area contributed by atoms with E-state index in [0.717, 1.165) is 55.5 Å². The van der Waals surface area contributed by atoms with Crippen molar-refractivity contribution in [3.63, 3.8) is 0 Å². The van der Waals surface area contributed by atoms with Gasteiger partial charge in [0.05, 0.1) is 0 Å². The number of carbonyl (C=O) groups is 2. The van der Waals surface area contributed by atoms with Crippen LogP contribution in [0.2, 0.25) is 0 Å². The SMILES string of the molecule is Cc1ccc(COc2ccc(COC(=O)[C@@H](Cc3cccc4ccccc34)NC(=O)OCC3c4ccccc4-c4ccccc43)cc2)cc1. The fourth-order valence-corrected chi connectivity index (χ4v) is 6.45. The van der Waals surface area contributed by atoms with Crippen LogP contribution in [0.5, 0.6) is 5.75 Å². The lowest BCUT2D eigenvalue weighted by Crippen LogP contribution is -2.44. The standard InChI is InChI=1S/C43H37NO5/c1-29-17-19-30(20-18-29)26-47-34-23-21-31(22-24-34)27-48-42(45)41(25-33-11-8-10-32-9-2-3-12-35(32)33)44-43(46)49-28-40-38-15-6-4-13-36(38)37-14-5-7-16-39(37)40/h2-24,40-41H,25-28H2,1H3,(H,44,46)/t41-/m1/s1. The van der Waals surface area contributed by atoms with E-state index in [4.69, 9.17) is 14.2 Å². The van der Waals surface area contributed by atoms with E-state index in [2.05, 4.69) is 60.8 Å². The molecule has 6 aromatic rings. The highest BCUT2D eigenvalue weighted by Gasteiger charge is 2.30. The molecule has 0 unspecified atom stereocenters. The first-order valence-corrected chi connectivity index (χ1v) is 16.5. The molecule has 0 aromatic heterocycles. The highest BCUT2D eigenvalue weighted by Crippen LogP contribution is 2.44. The summed E-state index contributed by atoms with van der Waals surface area (Å²) < 4.78 is 17.5. The van der Waals surface area contributed by atoms with Crippen molar-refractivity contribution < 1.29 is 23.8 Å². The molecule has 1 aliphatic carbocycles. The summed E-state index contributed by atoms with van der Waals surface area (Å²) in [4.78, 5) is 26.9. The quantitative estimate of drug-likeness (QED) is 0.142. The summed E-state index contributed by atoms with van der Waals surface area (Å²) in [5, 5.41) is 4.89. The van der Waals surface area contributed by atoms with Crippen molar-refractivity contribution in [2.45, 2.75) is 38.5 Å². The van der Waals surface area contributed by atoms with Crippen molar-refractivity contribution >= 4 is 22.8 Å². The Kier molecular flexibility index (Phi) is 9.37. The number of benzene rings is 6. The minimum Gasteiger partial charge on any atom is -0.489 e. The van der Waals surface area contributed by atoms with Crippen LogP contribution in [0.1, 0.15) is 39.3 Å². The number of alkyl carbamates (subject to hydrolysis) is 1. The van der Waals surface area contributed by atoms with E-state index >= 15 is 0 Å². The van der Waals surface area contributed by atoms with Crippen molar-refractivity contribution in [1.29, 1.82) is 0 Å². The molecular formula is C43H37NO5. The zero-order valence-electron chi connectivity index (χ0n) is 27.3. The van der Waals surface area contributed by atoms with Crippen LogP contribution in [-0.4, -0.2) is 24.7 Å². The summed E-state index contributed by atoms with van der Waals surface area (Å²) in [5.74, 6) is 0.0907. The molecule has 6 aromatic carbocycles. The molecule has 0 bridgehead atoms. The number of hydrogen-bond acceptors (Lipinski definition) is 5. The van der Waals surface area contributed by atoms with E-state index in [0.29, 0.717) is 6.61 Å². The van der Waals surface area contributed by atoms with E-state index in [9.17, 15) is 9.59 Å². The molecule has 0 saturated carbocycles. The molecule has 0 aliphatic heterocycles. The Bertz CT molecular complexity index is 2040. The smallest absolute Gasteiger partial charge is 0.407 e. The molecule has 1 atom stereocenters. The molecule has 1 N–H and O–H groups in total. The van der Waals surface area contributed by atoms with Gasteiger partial charge in [-0.15, -0.1) is 0 Å². The number of rotatable bonds is 11. The third-order valence-corrected chi connectivity index (χ3v) is 9.05. The van der Waals surface area contributed by atoms with Gasteiger partial charge in [0, 0.05) is 12.3 Å². The summed E-state index contributed by atoms with van der Waals surface area (Å²) in [6, 6.07) is 45.0. The van der Waals surface area contributed by atoms with Gasteiger partial charge in [-0.25, -0.2) is 9.59 Å².